The number of hydrogen-bond donors (Lipinski definition) is 3. The van der Waals surface area contributed by atoms with Crippen LogP contribution in [0.1, 0.15) is 52.6 Å². The minimum atomic E-state index is -0.773. The summed E-state index contributed by atoms with van der Waals surface area (Å²) >= 11 is 0. The Kier molecular flexibility index (Phi) is 6.54. The summed E-state index contributed by atoms with van der Waals surface area (Å²) in [5, 5.41) is 6.99. The zero-order valence-electron chi connectivity index (χ0n) is 22.7. The van der Waals surface area contributed by atoms with E-state index in [1.54, 1.807) is 12.0 Å². The fourth-order valence-corrected chi connectivity index (χ4v) is 6.06. The van der Waals surface area contributed by atoms with E-state index in [1.165, 1.54) is 0 Å². The quantitative estimate of drug-likeness (QED) is 0.331. The van der Waals surface area contributed by atoms with Gasteiger partial charge in [0.1, 0.15) is 17.8 Å². The van der Waals surface area contributed by atoms with Gasteiger partial charge in [0, 0.05) is 40.7 Å². The number of nitrogens with one attached hydrogen (secondary N) is 3. The summed E-state index contributed by atoms with van der Waals surface area (Å²) in [5.74, 6) is -0.288. The van der Waals surface area contributed by atoms with Crippen molar-refractivity contribution in [2.45, 2.75) is 44.9 Å². The van der Waals surface area contributed by atoms with Crippen LogP contribution in [0.3, 0.4) is 0 Å². The maximum atomic E-state index is 14.0. The molecule has 2 aliphatic rings. The topological polar surface area (TPSA) is 104 Å². The summed E-state index contributed by atoms with van der Waals surface area (Å²) in [6.07, 6.45) is 0.356. The van der Waals surface area contributed by atoms with Gasteiger partial charge in [-0.15, -0.1) is 0 Å². The fourth-order valence-electron chi connectivity index (χ4n) is 6.06. The molecule has 0 fully saturated rings. The Morgan fingerprint density at radius 2 is 1.75 bits per heavy atom. The third-order valence-electron chi connectivity index (χ3n) is 8.05. The van der Waals surface area contributed by atoms with E-state index >= 15 is 0 Å². The van der Waals surface area contributed by atoms with Crippen LogP contribution < -0.4 is 15.4 Å². The highest BCUT2D eigenvalue weighted by molar-refractivity contribution is 6.04. The summed E-state index contributed by atoms with van der Waals surface area (Å²) in [5.41, 5.74) is 5.27. The number of fused-ring (bicyclic) bond motifs is 7. The second-order valence-electron chi connectivity index (χ2n) is 10.7. The molecule has 8 nitrogen and oxygen atoms in total. The summed E-state index contributed by atoms with van der Waals surface area (Å²) in [6.45, 7) is 4.06. The molecular weight excluding hydrogens is 504 g/mol. The van der Waals surface area contributed by atoms with Crippen molar-refractivity contribution in [1.29, 1.82) is 0 Å². The first kappa shape index (κ1) is 25.7. The van der Waals surface area contributed by atoms with Gasteiger partial charge >= 0.3 is 0 Å². The van der Waals surface area contributed by atoms with Gasteiger partial charge in [0.15, 0.2) is 0 Å². The summed E-state index contributed by atoms with van der Waals surface area (Å²) < 4.78 is 5.40. The summed E-state index contributed by atoms with van der Waals surface area (Å²) in [7, 11) is 1.59. The molecule has 3 amide bonds. The van der Waals surface area contributed by atoms with Gasteiger partial charge in [-0.05, 0) is 35.2 Å². The van der Waals surface area contributed by atoms with Crippen molar-refractivity contribution in [3.05, 3.63) is 101 Å². The number of ether oxygens (including phenoxy) is 1. The lowest BCUT2D eigenvalue weighted by atomic mass is 9.89. The standard InChI is InChI=1S/C32H32N4O4/c1-18(2)27(31(38)33-17-19-10-4-9-15-26(19)40-3)35-30(37)25-16-23-20-11-7-8-14-24(20)34-28(23)29-21-12-5-6-13-22(21)32(39)36(25)29/h4-15,18,25,27,29,34H,16-17H2,1-3H3,(H,33,38)(H,35,37)/t25-,27-,29?/m0/s1. The average molecular weight is 537 g/mol. The van der Waals surface area contributed by atoms with Crippen molar-refractivity contribution in [3.63, 3.8) is 0 Å². The lowest BCUT2D eigenvalue weighted by molar-refractivity contribution is -0.133. The van der Waals surface area contributed by atoms with Crippen LogP contribution in [0, 0.1) is 5.92 Å². The number of benzene rings is 3. The highest BCUT2D eigenvalue weighted by Gasteiger charge is 2.49. The molecule has 8 heteroatoms. The summed E-state index contributed by atoms with van der Waals surface area (Å²) in [6, 6.07) is 21.1. The number of rotatable bonds is 7. The minimum absolute atomic E-state index is 0.170. The van der Waals surface area contributed by atoms with Crippen LogP contribution in [0.15, 0.2) is 72.8 Å². The van der Waals surface area contributed by atoms with E-state index in [2.05, 4.69) is 15.6 Å². The minimum Gasteiger partial charge on any atom is -0.496 e. The number of carbonyl (C=O) groups excluding carboxylic acids is 3. The Labute approximate surface area is 232 Å². The van der Waals surface area contributed by atoms with Gasteiger partial charge in [-0.3, -0.25) is 14.4 Å². The number of para-hydroxylation sites is 2. The number of carbonyl (C=O) groups is 3. The fraction of sp³-hybridized carbons (Fsp3) is 0.281. The van der Waals surface area contributed by atoms with Crippen LogP contribution >= 0.6 is 0 Å². The van der Waals surface area contributed by atoms with E-state index in [9.17, 15) is 14.4 Å². The lowest BCUT2D eigenvalue weighted by Crippen LogP contribution is -2.57. The van der Waals surface area contributed by atoms with E-state index in [0.29, 0.717) is 17.7 Å². The van der Waals surface area contributed by atoms with E-state index in [0.717, 1.165) is 33.3 Å². The Morgan fingerprint density at radius 1 is 1.02 bits per heavy atom. The molecule has 0 saturated heterocycles. The molecule has 3 heterocycles. The first-order chi connectivity index (χ1) is 19.4. The third-order valence-corrected chi connectivity index (χ3v) is 8.05. The number of methoxy groups -OCH3 is 1. The van der Waals surface area contributed by atoms with Crippen molar-refractivity contribution < 1.29 is 19.1 Å². The van der Waals surface area contributed by atoms with Gasteiger partial charge in [-0.1, -0.05) is 68.4 Å². The molecule has 2 aliphatic heterocycles. The van der Waals surface area contributed by atoms with Crippen molar-refractivity contribution in [2.24, 2.45) is 5.92 Å². The Bertz CT molecular complexity index is 1620. The van der Waals surface area contributed by atoms with E-state index < -0.39 is 18.1 Å². The number of nitrogens with zero attached hydrogens (tertiary/aromatic N) is 1. The lowest BCUT2D eigenvalue weighted by Gasteiger charge is -2.38. The molecule has 6 rings (SSSR count). The van der Waals surface area contributed by atoms with Gasteiger partial charge in [-0.25, -0.2) is 0 Å². The highest BCUT2D eigenvalue weighted by atomic mass is 16.5. The average Bonchev–Trinajstić information content (AvgIpc) is 3.49. The zero-order valence-corrected chi connectivity index (χ0v) is 22.7. The highest BCUT2D eigenvalue weighted by Crippen LogP contribution is 2.46. The maximum absolute atomic E-state index is 14.0. The smallest absolute Gasteiger partial charge is 0.255 e. The predicted octanol–water partition coefficient (Wildman–Crippen LogP) is 4.10. The van der Waals surface area contributed by atoms with Crippen LogP contribution in [0.2, 0.25) is 0 Å². The van der Waals surface area contributed by atoms with Crippen LogP contribution in [0.25, 0.3) is 10.9 Å². The number of aromatic nitrogens is 1. The van der Waals surface area contributed by atoms with Crippen LogP contribution in [-0.2, 0) is 22.6 Å². The Morgan fingerprint density at radius 3 is 2.55 bits per heavy atom. The Hall–Kier alpha value is -4.59. The van der Waals surface area contributed by atoms with E-state index in [4.69, 9.17) is 4.74 Å². The van der Waals surface area contributed by atoms with Crippen LogP contribution in [0.4, 0.5) is 0 Å². The molecular formula is C32H32N4O4. The van der Waals surface area contributed by atoms with Crippen molar-refractivity contribution in [3.8, 4) is 5.75 Å². The molecule has 0 saturated carbocycles. The van der Waals surface area contributed by atoms with Gasteiger partial charge < -0.3 is 25.3 Å². The normalized spacial score (nSPS) is 18.2. The van der Waals surface area contributed by atoms with Crippen LogP contribution in [0.5, 0.6) is 5.75 Å². The number of H-pyrrole nitrogens is 1. The number of hydrogen-bond acceptors (Lipinski definition) is 4. The number of amides is 3. The van der Waals surface area contributed by atoms with E-state index in [-0.39, 0.29) is 30.2 Å². The molecule has 1 unspecified atom stereocenters. The molecule has 3 N–H and O–H groups in total. The molecule has 1 aromatic heterocycles. The van der Waals surface area contributed by atoms with Gasteiger partial charge in [-0.2, -0.15) is 0 Å². The molecule has 0 aliphatic carbocycles. The summed E-state index contributed by atoms with van der Waals surface area (Å²) in [4.78, 5) is 46.2. The molecule has 3 atom stereocenters. The maximum Gasteiger partial charge on any atom is 0.255 e. The molecule has 204 valence electrons. The van der Waals surface area contributed by atoms with Crippen molar-refractivity contribution >= 4 is 28.6 Å². The van der Waals surface area contributed by atoms with Gasteiger partial charge in [0.05, 0.1) is 13.2 Å². The van der Waals surface area contributed by atoms with Crippen LogP contribution in [-0.4, -0.2) is 46.8 Å². The van der Waals surface area contributed by atoms with Crippen molar-refractivity contribution in [2.75, 3.05) is 7.11 Å². The first-order valence-electron chi connectivity index (χ1n) is 13.6. The molecule has 4 aromatic rings. The molecule has 40 heavy (non-hydrogen) atoms. The second-order valence-corrected chi connectivity index (χ2v) is 10.7. The Balaban J connectivity index is 1.30. The second kappa shape index (κ2) is 10.2. The SMILES string of the molecule is COc1ccccc1CNC(=O)[C@@H](NC(=O)[C@@H]1Cc2c([nH]c3ccccc23)C2c3ccccc3C(=O)N21)C(C)C. The third kappa shape index (κ3) is 4.20. The predicted molar refractivity (Wildman–Crippen MR) is 152 cm³/mol. The molecule has 0 bridgehead atoms. The zero-order chi connectivity index (χ0) is 28.0. The molecule has 0 spiro atoms. The largest absolute Gasteiger partial charge is 0.496 e. The number of aromatic amines is 1. The van der Waals surface area contributed by atoms with Gasteiger partial charge in [0.25, 0.3) is 5.91 Å². The first-order valence-corrected chi connectivity index (χ1v) is 13.6. The van der Waals surface area contributed by atoms with E-state index in [1.807, 2.05) is 86.6 Å². The monoisotopic (exact) mass is 536 g/mol. The van der Waals surface area contributed by atoms with Gasteiger partial charge in [0.2, 0.25) is 11.8 Å². The van der Waals surface area contributed by atoms with Crippen molar-refractivity contribution in [1.82, 2.24) is 20.5 Å². The molecule has 3 aromatic carbocycles. The molecule has 0 radical (unpaired) electrons.